The van der Waals surface area contributed by atoms with E-state index in [-0.39, 0.29) is 12.5 Å². The SMILES string of the molecule is CCC(CNC(=O)c1ncccc1C)(C(=O)O)c1ccccc1. The maximum Gasteiger partial charge on any atom is 0.315 e. The Morgan fingerprint density at radius 3 is 2.43 bits per heavy atom. The number of aryl methyl sites for hydroxylation is 1. The number of aromatic nitrogens is 1. The van der Waals surface area contributed by atoms with Gasteiger partial charge in [0.2, 0.25) is 0 Å². The van der Waals surface area contributed by atoms with Gasteiger partial charge in [0.25, 0.3) is 5.91 Å². The van der Waals surface area contributed by atoms with Crippen LogP contribution in [0, 0.1) is 6.92 Å². The number of carboxylic acids is 1. The van der Waals surface area contributed by atoms with Gasteiger partial charge in [0, 0.05) is 12.7 Å². The van der Waals surface area contributed by atoms with E-state index >= 15 is 0 Å². The molecular weight excluding hydrogens is 292 g/mol. The minimum absolute atomic E-state index is 0.0116. The number of hydrogen-bond acceptors (Lipinski definition) is 3. The van der Waals surface area contributed by atoms with E-state index in [0.29, 0.717) is 17.7 Å². The molecule has 1 aromatic carbocycles. The van der Waals surface area contributed by atoms with E-state index in [1.54, 1.807) is 56.4 Å². The van der Waals surface area contributed by atoms with Crippen molar-refractivity contribution in [1.82, 2.24) is 10.3 Å². The van der Waals surface area contributed by atoms with Gasteiger partial charge in [-0.1, -0.05) is 43.3 Å². The highest BCUT2D eigenvalue weighted by Crippen LogP contribution is 2.28. The Labute approximate surface area is 135 Å². The number of nitrogens with one attached hydrogen (secondary N) is 1. The number of carbonyl (C=O) groups excluding carboxylic acids is 1. The molecule has 5 heteroatoms. The van der Waals surface area contributed by atoms with Crippen LogP contribution >= 0.6 is 0 Å². The van der Waals surface area contributed by atoms with Gasteiger partial charge in [-0.3, -0.25) is 14.6 Å². The molecule has 120 valence electrons. The molecule has 1 amide bonds. The molecule has 0 saturated carbocycles. The quantitative estimate of drug-likeness (QED) is 0.859. The van der Waals surface area contributed by atoms with Crippen LogP contribution in [-0.4, -0.2) is 28.5 Å². The lowest BCUT2D eigenvalue weighted by atomic mass is 9.78. The summed E-state index contributed by atoms with van der Waals surface area (Å²) >= 11 is 0. The third-order valence-corrected chi connectivity index (χ3v) is 4.11. The predicted octanol–water partition coefficient (Wildman–Crippen LogP) is 2.55. The van der Waals surface area contributed by atoms with Gasteiger partial charge in [0.1, 0.15) is 11.1 Å². The molecule has 1 aromatic heterocycles. The van der Waals surface area contributed by atoms with Crippen molar-refractivity contribution in [2.45, 2.75) is 25.7 Å². The zero-order valence-corrected chi connectivity index (χ0v) is 13.2. The van der Waals surface area contributed by atoms with Gasteiger partial charge in [-0.05, 0) is 30.5 Å². The van der Waals surface area contributed by atoms with Gasteiger partial charge in [-0.2, -0.15) is 0 Å². The lowest BCUT2D eigenvalue weighted by Gasteiger charge is -2.29. The molecule has 0 aliphatic heterocycles. The minimum atomic E-state index is -1.15. The van der Waals surface area contributed by atoms with E-state index in [9.17, 15) is 14.7 Å². The van der Waals surface area contributed by atoms with Gasteiger partial charge in [-0.25, -0.2) is 0 Å². The fraction of sp³-hybridized carbons (Fsp3) is 0.278. The second-order valence-electron chi connectivity index (χ2n) is 5.46. The number of pyridine rings is 1. The summed E-state index contributed by atoms with van der Waals surface area (Å²) in [6, 6.07) is 12.5. The molecule has 0 saturated heterocycles. The van der Waals surface area contributed by atoms with Crippen molar-refractivity contribution in [2.24, 2.45) is 0 Å². The monoisotopic (exact) mass is 312 g/mol. The molecule has 1 heterocycles. The van der Waals surface area contributed by atoms with Crippen LogP contribution in [0.1, 0.15) is 35.0 Å². The molecule has 0 radical (unpaired) electrons. The summed E-state index contributed by atoms with van der Waals surface area (Å²) in [5.74, 6) is -1.32. The number of rotatable bonds is 6. The largest absolute Gasteiger partial charge is 0.481 e. The van der Waals surface area contributed by atoms with Crippen LogP contribution in [0.4, 0.5) is 0 Å². The summed E-state index contributed by atoms with van der Waals surface area (Å²) in [7, 11) is 0. The first-order chi connectivity index (χ1) is 11.0. The molecule has 2 rings (SSSR count). The van der Waals surface area contributed by atoms with Crippen molar-refractivity contribution in [3.63, 3.8) is 0 Å². The number of hydrogen-bond donors (Lipinski definition) is 2. The lowest BCUT2D eigenvalue weighted by Crippen LogP contribution is -2.46. The number of aliphatic carboxylic acids is 1. The van der Waals surface area contributed by atoms with Crippen molar-refractivity contribution in [3.8, 4) is 0 Å². The summed E-state index contributed by atoms with van der Waals surface area (Å²) in [5, 5.41) is 12.5. The molecule has 1 atom stereocenters. The van der Waals surface area contributed by atoms with Gasteiger partial charge in [0.15, 0.2) is 0 Å². The molecule has 0 spiro atoms. The fourth-order valence-electron chi connectivity index (χ4n) is 2.58. The zero-order valence-electron chi connectivity index (χ0n) is 13.2. The Morgan fingerprint density at radius 1 is 1.17 bits per heavy atom. The molecule has 2 aromatic rings. The summed E-state index contributed by atoms with van der Waals surface area (Å²) in [6.07, 6.45) is 1.91. The predicted molar refractivity (Wildman–Crippen MR) is 87.4 cm³/mol. The highest BCUT2D eigenvalue weighted by atomic mass is 16.4. The third kappa shape index (κ3) is 3.39. The number of nitrogens with zero attached hydrogens (tertiary/aromatic N) is 1. The summed E-state index contributed by atoms with van der Waals surface area (Å²) < 4.78 is 0. The van der Waals surface area contributed by atoms with Crippen LogP contribution in [0.25, 0.3) is 0 Å². The Balaban J connectivity index is 2.25. The van der Waals surface area contributed by atoms with Crippen molar-refractivity contribution in [2.75, 3.05) is 6.54 Å². The number of carboxylic acid groups (broad SMARTS) is 1. The van der Waals surface area contributed by atoms with Crippen LogP contribution in [-0.2, 0) is 10.2 Å². The van der Waals surface area contributed by atoms with Crippen molar-refractivity contribution < 1.29 is 14.7 Å². The first kappa shape index (κ1) is 16.7. The topological polar surface area (TPSA) is 79.3 Å². The van der Waals surface area contributed by atoms with Gasteiger partial charge < -0.3 is 10.4 Å². The molecule has 23 heavy (non-hydrogen) atoms. The third-order valence-electron chi connectivity index (χ3n) is 4.11. The van der Waals surface area contributed by atoms with Crippen LogP contribution < -0.4 is 5.32 Å². The molecule has 0 bridgehead atoms. The Kier molecular flexibility index (Phi) is 5.11. The van der Waals surface area contributed by atoms with Crippen LogP contribution in [0.3, 0.4) is 0 Å². The van der Waals surface area contributed by atoms with E-state index < -0.39 is 11.4 Å². The minimum Gasteiger partial charge on any atom is -0.481 e. The van der Waals surface area contributed by atoms with Crippen molar-refractivity contribution in [3.05, 3.63) is 65.5 Å². The molecule has 0 fully saturated rings. The fourth-order valence-corrected chi connectivity index (χ4v) is 2.58. The van der Waals surface area contributed by atoms with E-state index in [1.165, 1.54) is 0 Å². The van der Waals surface area contributed by atoms with Gasteiger partial charge in [-0.15, -0.1) is 0 Å². The average Bonchev–Trinajstić information content (AvgIpc) is 2.56. The second kappa shape index (κ2) is 7.05. The standard InChI is InChI=1S/C18H20N2O3/c1-3-18(17(22)23,14-9-5-4-6-10-14)12-20-16(21)15-13(2)8-7-11-19-15/h4-11H,3,12H2,1-2H3,(H,20,21)(H,22,23). The average molecular weight is 312 g/mol. The highest BCUT2D eigenvalue weighted by molar-refractivity contribution is 5.94. The normalized spacial score (nSPS) is 13.1. The van der Waals surface area contributed by atoms with Gasteiger partial charge in [0.05, 0.1) is 0 Å². The van der Waals surface area contributed by atoms with E-state index in [4.69, 9.17) is 0 Å². The molecule has 0 aliphatic rings. The smallest absolute Gasteiger partial charge is 0.315 e. The number of benzene rings is 1. The Morgan fingerprint density at radius 2 is 1.87 bits per heavy atom. The molecular formula is C18H20N2O3. The lowest BCUT2D eigenvalue weighted by molar-refractivity contribution is -0.143. The Hall–Kier alpha value is -2.69. The van der Waals surface area contributed by atoms with E-state index in [0.717, 1.165) is 5.56 Å². The zero-order chi connectivity index (χ0) is 16.9. The van der Waals surface area contributed by atoms with E-state index in [1.807, 2.05) is 6.07 Å². The maximum atomic E-state index is 12.3. The van der Waals surface area contributed by atoms with Crippen molar-refractivity contribution >= 4 is 11.9 Å². The maximum absolute atomic E-state index is 12.3. The number of amides is 1. The number of carbonyl (C=O) groups is 2. The molecule has 5 nitrogen and oxygen atoms in total. The highest BCUT2D eigenvalue weighted by Gasteiger charge is 2.39. The first-order valence-electron chi connectivity index (χ1n) is 7.50. The van der Waals surface area contributed by atoms with E-state index in [2.05, 4.69) is 10.3 Å². The summed E-state index contributed by atoms with van der Waals surface area (Å²) in [4.78, 5) is 28.3. The molecule has 1 unspecified atom stereocenters. The van der Waals surface area contributed by atoms with Gasteiger partial charge >= 0.3 is 5.97 Å². The molecule has 2 N–H and O–H groups in total. The second-order valence-corrected chi connectivity index (χ2v) is 5.46. The summed E-state index contributed by atoms with van der Waals surface area (Å²) in [5.41, 5.74) is 0.589. The van der Waals surface area contributed by atoms with Crippen molar-refractivity contribution in [1.29, 1.82) is 0 Å². The Bertz CT molecular complexity index is 700. The van der Waals surface area contributed by atoms with Crippen LogP contribution in [0.2, 0.25) is 0 Å². The molecule has 0 aliphatic carbocycles. The first-order valence-corrected chi connectivity index (χ1v) is 7.50. The summed E-state index contributed by atoms with van der Waals surface area (Å²) in [6.45, 7) is 3.61. The van der Waals surface area contributed by atoms with Crippen LogP contribution in [0.15, 0.2) is 48.7 Å². The van der Waals surface area contributed by atoms with Crippen LogP contribution in [0.5, 0.6) is 0 Å².